The summed E-state index contributed by atoms with van der Waals surface area (Å²) in [4.78, 5) is 9.64. The van der Waals surface area contributed by atoms with Gasteiger partial charge in [0.15, 0.2) is 0 Å². The zero-order chi connectivity index (χ0) is 15.0. The van der Waals surface area contributed by atoms with Crippen molar-refractivity contribution < 1.29 is 0 Å². The molecular weight excluding hydrogens is 258 g/mol. The number of hydrogen-bond donors (Lipinski definition) is 1. The summed E-state index contributed by atoms with van der Waals surface area (Å²) in [7, 11) is 0. The number of nitrogens with one attached hydrogen (secondary N) is 1. The predicted octanol–water partition coefficient (Wildman–Crippen LogP) is 4.38. The molecule has 110 valence electrons. The van der Waals surface area contributed by atoms with Crippen molar-refractivity contribution in [3.05, 3.63) is 40.7 Å². The summed E-state index contributed by atoms with van der Waals surface area (Å²) in [6, 6.07) is 6.56. The Morgan fingerprint density at radius 3 is 2.57 bits per heavy atom. The van der Waals surface area contributed by atoms with Gasteiger partial charge in [0.05, 0.1) is 5.69 Å². The molecule has 0 bridgehead atoms. The van der Waals surface area contributed by atoms with Crippen molar-refractivity contribution in [1.29, 1.82) is 0 Å². The number of aromatic nitrogens is 2. The Labute approximate surface area is 126 Å². The Bertz CT molecular complexity index is 672. The fourth-order valence-corrected chi connectivity index (χ4v) is 2.65. The molecule has 1 saturated carbocycles. The Kier molecular flexibility index (Phi) is 3.66. The molecule has 1 fully saturated rings. The van der Waals surface area contributed by atoms with E-state index < -0.39 is 0 Å². The lowest BCUT2D eigenvalue weighted by atomic mass is 9.99. The van der Waals surface area contributed by atoms with Crippen LogP contribution in [-0.2, 0) is 0 Å². The Hall–Kier alpha value is -1.90. The lowest BCUT2D eigenvalue weighted by Gasteiger charge is -2.15. The van der Waals surface area contributed by atoms with Crippen molar-refractivity contribution in [3.8, 4) is 11.3 Å². The van der Waals surface area contributed by atoms with E-state index in [0.29, 0.717) is 5.92 Å². The lowest BCUT2D eigenvalue weighted by molar-refractivity contribution is 0.918. The maximum Gasteiger partial charge on any atom is 0.134 e. The van der Waals surface area contributed by atoms with Gasteiger partial charge in [-0.1, -0.05) is 17.7 Å². The van der Waals surface area contributed by atoms with Crippen molar-refractivity contribution >= 4 is 5.82 Å². The first-order chi connectivity index (χ1) is 10.1. The standard InChI is InChI=1S/C18H23N3/c1-5-19-17-13(4)16(20-18(21-17)14-8-9-14)15-10-11(2)6-7-12(15)3/h6-7,10,14H,5,8-9H2,1-4H3,(H,19,20,21). The largest absolute Gasteiger partial charge is 0.370 e. The summed E-state index contributed by atoms with van der Waals surface area (Å²) < 4.78 is 0. The van der Waals surface area contributed by atoms with Crippen LogP contribution in [0, 0.1) is 20.8 Å². The molecule has 0 saturated heterocycles. The van der Waals surface area contributed by atoms with E-state index in [-0.39, 0.29) is 0 Å². The molecule has 0 radical (unpaired) electrons. The van der Waals surface area contributed by atoms with E-state index in [9.17, 15) is 0 Å². The monoisotopic (exact) mass is 281 g/mol. The summed E-state index contributed by atoms with van der Waals surface area (Å²) in [6.07, 6.45) is 2.45. The highest BCUT2D eigenvalue weighted by atomic mass is 15.0. The van der Waals surface area contributed by atoms with Gasteiger partial charge in [-0.05, 0) is 52.2 Å². The average Bonchev–Trinajstić information content (AvgIpc) is 3.29. The average molecular weight is 281 g/mol. The molecule has 3 nitrogen and oxygen atoms in total. The summed E-state index contributed by atoms with van der Waals surface area (Å²) in [5, 5.41) is 3.39. The van der Waals surface area contributed by atoms with Gasteiger partial charge >= 0.3 is 0 Å². The van der Waals surface area contributed by atoms with Crippen molar-refractivity contribution in [2.24, 2.45) is 0 Å². The van der Waals surface area contributed by atoms with Crippen molar-refractivity contribution in [3.63, 3.8) is 0 Å². The normalized spacial score (nSPS) is 14.3. The number of aryl methyl sites for hydroxylation is 2. The van der Waals surface area contributed by atoms with Crippen LogP contribution in [0.5, 0.6) is 0 Å². The topological polar surface area (TPSA) is 37.8 Å². The molecule has 1 aliphatic rings. The van der Waals surface area contributed by atoms with Gasteiger partial charge in [0, 0.05) is 23.6 Å². The SMILES string of the molecule is CCNc1nc(C2CC2)nc(-c2cc(C)ccc2C)c1C. The first-order valence-corrected chi connectivity index (χ1v) is 7.80. The number of hydrogen-bond acceptors (Lipinski definition) is 3. The van der Waals surface area contributed by atoms with Crippen molar-refractivity contribution in [2.45, 2.75) is 46.5 Å². The molecule has 1 heterocycles. The molecular formula is C18H23N3. The van der Waals surface area contributed by atoms with E-state index in [4.69, 9.17) is 9.97 Å². The van der Waals surface area contributed by atoms with Gasteiger partial charge in [-0.15, -0.1) is 0 Å². The van der Waals surface area contributed by atoms with Crippen LogP contribution >= 0.6 is 0 Å². The van der Waals surface area contributed by atoms with Gasteiger partial charge in [0.1, 0.15) is 11.6 Å². The van der Waals surface area contributed by atoms with Gasteiger partial charge in [0.25, 0.3) is 0 Å². The smallest absolute Gasteiger partial charge is 0.134 e. The Balaban J connectivity index is 2.17. The third-order valence-corrected chi connectivity index (χ3v) is 4.10. The second-order valence-corrected chi connectivity index (χ2v) is 6.03. The molecule has 0 atom stereocenters. The van der Waals surface area contributed by atoms with Crippen molar-refractivity contribution in [1.82, 2.24) is 9.97 Å². The van der Waals surface area contributed by atoms with Crippen LogP contribution < -0.4 is 5.32 Å². The van der Waals surface area contributed by atoms with Crippen LogP contribution in [0.25, 0.3) is 11.3 Å². The molecule has 0 unspecified atom stereocenters. The molecule has 0 spiro atoms. The van der Waals surface area contributed by atoms with Gasteiger partial charge in [-0.3, -0.25) is 0 Å². The lowest BCUT2D eigenvalue weighted by Crippen LogP contribution is -2.08. The summed E-state index contributed by atoms with van der Waals surface area (Å²) in [5.74, 6) is 2.56. The van der Waals surface area contributed by atoms with Gasteiger partial charge in [-0.2, -0.15) is 0 Å². The first kappa shape index (κ1) is 14.1. The Morgan fingerprint density at radius 2 is 1.90 bits per heavy atom. The molecule has 21 heavy (non-hydrogen) atoms. The minimum Gasteiger partial charge on any atom is -0.370 e. The molecule has 1 N–H and O–H groups in total. The van der Waals surface area contributed by atoms with E-state index in [1.54, 1.807) is 0 Å². The number of anilines is 1. The summed E-state index contributed by atoms with van der Waals surface area (Å²) in [5.41, 5.74) is 6.01. The summed E-state index contributed by atoms with van der Waals surface area (Å²) >= 11 is 0. The molecule has 1 aromatic carbocycles. The second-order valence-electron chi connectivity index (χ2n) is 6.03. The highest BCUT2D eigenvalue weighted by Crippen LogP contribution is 2.40. The predicted molar refractivity (Wildman–Crippen MR) is 87.8 cm³/mol. The zero-order valence-corrected chi connectivity index (χ0v) is 13.3. The molecule has 1 aliphatic carbocycles. The third kappa shape index (κ3) is 2.78. The van der Waals surface area contributed by atoms with Crippen LogP contribution in [0.1, 0.15) is 48.2 Å². The highest BCUT2D eigenvalue weighted by molar-refractivity contribution is 5.71. The fraction of sp³-hybridized carbons (Fsp3) is 0.444. The van der Waals surface area contributed by atoms with Gasteiger partial charge < -0.3 is 5.32 Å². The highest BCUT2D eigenvalue weighted by Gasteiger charge is 2.28. The van der Waals surface area contributed by atoms with Gasteiger partial charge in [-0.25, -0.2) is 9.97 Å². The summed E-state index contributed by atoms with van der Waals surface area (Å²) in [6.45, 7) is 9.39. The fourth-order valence-electron chi connectivity index (χ4n) is 2.65. The van der Waals surface area contributed by atoms with E-state index in [1.165, 1.54) is 29.5 Å². The number of nitrogens with zero attached hydrogens (tertiary/aromatic N) is 2. The minimum absolute atomic E-state index is 0.562. The van der Waals surface area contributed by atoms with Crippen LogP contribution in [0.3, 0.4) is 0 Å². The molecule has 0 amide bonds. The van der Waals surface area contributed by atoms with Crippen LogP contribution in [0.4, 0.5) is 5.82 Å². The molecule has 0 aliphatic heterocycles. The van der Waals surface area contributed by atoms with E-state index in [0.717, 1.165) is 29.4 Å². The molecule has 3 rings (SSSR count). The third-order valence-electron chi connectivity index (χ3n) is 4.10. The van der Waals surface area contributed by atoms with Crippen LogP contribution in [-0.4, -0.2) is 16.5 Å². The maximum absolute atomic E-state index is 4.90. The van der Waals surface area contributed by atoms with Crippen LogP contribution in [0.15, 0.2) is 18.2 Å². The van der Waals surface area contributed by atoms with Crippen molar-refractivity contribution in [2.75, 3.05) is 11.9 Å². The molecule has 2 aromatic rings. The second kappa shape index (κ2) is 5.47. The quantitative estimate of drug-likeness (QED) is 0.903. The zero-order valence-electron chi connectivity index (χ0n) is 13.3. The van der Waals surface area contributed by atoms with Gasteiger partial charge in [0.2, 0.25) is 0 Å². The maximum atomic E-state index is 4.90. The molecule has 3 heteroatoms. The van der Waals surface area contributed by atoms with E-state index in [1.807, 2.05) is 0 Å². The van der Waals surface area contributed by atoms with Crippen LogP contribution in [0.2, 0.25) is 0 Å². The minimum atomic E-state index is 0.562. The van der Waals surface area contributed by atoms with E-state index >= 15 is 0 Å². The Morgan fingerprint density at radius 1 is 1.14 bits per heavy atom. The number of rotatable bonds is 4. The number of benzene rings is 1. The molecule has 1 aromatic heterocycles. The van der Waals surface area contributed by atoms with E-state index in [2.05, 4.69) is 51.2 Å². The first-order valence-electron chi connectivity index (χ1n) is 7.80.